The summed E-state index contributed by atoms with van der Waals surface area (Å²) in [6.07, 6.45) is 8.21. The Bertz CT molecular complexity index is 171. The van der Waals surface area contributed by atoms with Crippen LogP contribution in [0.5, 0.6) is 0 Å². The second kappa shape index (κ2) is 8.48. The first-order chi connectivity index (χ1) is 7.79. The van der Waals surface area contributed by atoms with Crippen LogP contribution in [0.3, 0.4) is 0 Å². The molecule has 96 valence electrons. The van der Waals surface area contributed by atoms with Gasteiger partial charge in [0.15, 0.2) is 0 Å². The van der Waals surface area contributed by atoms with Crippen molar-refractivity contribution in [1.82, 2.24) is 4.90 Å². The van der Waals surface area contributed by atoms with E-state index in [1.807, 2.05) is 0 Å². The molecule has 0 aliphatic heterocycles. The molecule has 0 aromatic heterocycles. The summed E-state index contributed by atoms with van der Waals surface area (Å²) < 4.78 is 5.19. The van der Waals surface area contributed by atoms with E-state index in [1.165, 1.54) is 38.6 Å². The molecule has 1 fully saturated rings. The summed E-state index contributed by atoms with van der Waals surface area (Å²) in [4.78, 5) is 2.69. The third-order valence-corrected chi connectivity index (χ3v) is 4.05. The molecule has 1 aliphatic carbocycles. The monoisotopic (exact) mass is 291 g/mol. The van der Waals surface area contributed by atoms with E-state index >= 15 is 0 Å². The normalized spacial score (nSPS) is 20.2. The maximum atomic E-state index is 5.19. The van der Waals surface area contributed by atoms with Gasteiger partial charge < -0.3 is 4.74 Å². The van der Waals surface area contributed by atoms with Crippen molar-refractivity contribution in [3.8, 4) is 0 Å². The molecule has 1 saturated carbocycles. The summed E-state index contributed by atoms with van der Waals surface area (Å²) >= 11 is 3.58. The number of hydrogen-bond donors (Lipinski definition) is 0. The van der Waals surface area contributed by atoms with Crippen LogP contribution in [0.2, 0.25) is 0 Å². The highest BCUT2D eigenvalue weighted by molar-refractivity contribution is 9.09. The molecule has 0 aromatic carbocycles. The van der Waals surface area contributed by atoms with Gasteiger partial charge in [0, 0.05) is 37.7 Å². The van der Waals surface area contributed by atoms with Gasteiger partial charge in [0.1, 0.15) is 0 Å². The van der Waals surface area contributed by atoms with E-state index in [-0.39, 0.29) is 0 Å². The molecule has 3 heteroatoms. The minimum Gasteiger partial charge on any atom is -0.385 e. The molecule has 0 amide bonds. The van der Waals surface area contributed by atoms with Crippen molar-refractivity contribution in [2.45, 2.75) is 57.5 Å². The number of methoxy groups -OCH3 is 1. The van der Waals surface area contributed by atoms with Gasteiger partial charge in [-0.2, -0.15) is 0 Å². The number of rotatable bonds is 7. The zero-order chi connectivity index (χ0) is 11.8. The van der Waals surface area contributed by atoms with Crippen molar-refractivity contribution < 1.29 is 4.74 Å². The second-order valence-electron chi connectivity index (χ2n) is 4.85. The van der Waals surface area contributed by atoms with Crippen LogP contribution in [0.1, 0.15) is 45.4 Å². The zero-order valence-corrected chi connectivity index (χ0v) is 12.3. The Morgan fingerprint density at radius 2 is 2.00 bits per heavy atom. The molecular formula is C13H26BrNO. The fraction of sp³-hybridized carbons (Fsp3) is 1.00. The van der Waals surface area contributed by atoms with Crippen LogP contribution in [0.25, 0.3) is 0 Å². The van der Waals surface area contributed by atoms with Gasteiger partial charge >= 0.3 is 0 Å². The molecule has 1 unspecified atom stereocenters. The minimum absolute atomic E-state index is 0.653. The van der Waals surface area contributed by atoms with Crippen LogP contribution in [0.4, 0.5) is 0 Å². The van der Waals surface area contributed by atoms with Crippen molar-refractivity contribution >= 4 is 15.9 Å². The van der Waals surface area contributed by atoms with Crippen LogP contribution in [-0.4, -0.2) is 42.6 Å². The molecule has 0 heterocycles. The van der Waals surface area contributed by atoms with Gasteiger partial charge in [-0.25, -0.2) is 0 Å². The quantitative estimate of drug-likeness (QED) is 0.666. The maximum Gasteiger partial charge on any atom is 0.0477 e. The van der Waals surface area contributed by atoms with Crippen LogP contribution < -0.4 is 0 Å². The molecule has 1 atom stereocenters. The predicted molar refractivity (Wildman–Crippen MR) is 73.3 cm³/mol. The van der Waals surface area contributed by atoms with Gasteiger partial charge in [-0.05, 0) is 26.2 Å². The number of hydrogen-bond acceptors (Lipinski definition) is 2. The van der Waals surface area contributed by atoms with Crippen LogP contribution in [0, 0.1) is 0 Å². The molecule has 1 rings (SSSR count). The SMILES string of the molecule is COCCC(C)N(CCBr)C1CCCCC1. The summed E-state index contributed by atoms with van der Waals surface area (Å²) in [5.41, 5.74) is 0. The van der Waals surface area contributed by atoms with Gasteiger partial charge in [0.05, 0.1) is 0 Å². The maximum absolute atomic E-state index is 5.19. The third-order valence-electron chi connectivity index (χ3n) is 3.69. The molecule has 0 spiro atoms. The Hall–Kier alpha value is 0.400. The molecule has 0 bridgehead atoms. The van der Waals surface area contributed by atoms with E-state index in [4.69, 9.17) is 4.74 Å². The van der Waals surface area contributed by atoms with Crippen LogP contribution in [0.15, 0.2) is 0 Å². The Balaban J connectivity index is 2.43. The zero-order valence-electron chi connectivity index (χ0n) is 10.8. The van der Waals surface area contributed by atoms with E-state index < -0.39 is 0 Å². The average molecular weight is 292 g/mol. The van der Waals surface area contributed by atoms with Gasteiger partial charge in [-0.3, -0.25) is 4.90 Å². The van der Waals surface area contributed by atoms with E-state index in [1.54, 1.807) is 7.11 Å². The van der Waals surface area contributed by atoms with Crippen molar-refractivity contribution in [2.75, 3.05) is 25.6 Å². The van der Waals surface area contributed by atoms with Gasteiger partial charge in [-0.15, -0.1) is 0 Å². The minimum atomic E-state index is 0.653. The number of alkyl halides is 1. The lowest BCUT2D eigenvalue weighted by Gasteiger charge is -2.38. The molecular weight excluding hydrogens is 266 g/mol. The standard InChI is InChI=1S/C13H26BrNO/c1-12(8-11-16-2)15(10-9-14)13-6-4-3-5-7-13/h12-13H,3-11H2,1-2H3. The fourth-order valence-corrected chi connectivity index (χ4v) is 3.14. The summed E-state index contributed by atoms with van der Waals surface area (Å²) in [5, 5.41) is 1.08. The molecule has 0 N–H and O–H groups in total. The lowest BCUT2D eigenvalue weighted by Crippen LogP contribution is -2.44. The second-order valence-corrected chi connectivity index (χ2v) is 5.64. The van der Waals surface area contributed by atoms with Crippen molar-refractivity contribution in [3.05, 3.63) is 0 Å². The molecule has 0 aromatic rings. The Labute approximate surface area is 109 Å². The van der Waals surface area contributed by atoms with Gasteiger partial charge in [-0.1, -0.05) is 35.2 Å². The number of nitrogens with zero attached hydrogens (tertiary/aromatic N) is 1. The molecule has 16 heavy (non-hydrogen) atoms. The fourth-order valence-electron chi connectivity index (χ4n) is 2.73. The third kappa shape index (κ3) is 4.72. The van der Waals surface area contributed by atoms with E-state index in [9.17, 15) is 0 Å². The molecule has 2 nitrogen and oxygen atoms in total. The molecule has 0 saturated heterocycles. The lowest BCUT2D eigenvalue weighted by atomic mass is 9.93. The summed E-state index contributed by atoms with van der Waals surface area (Å²) in [7, 11) is 1.79. The van der Waals surface area contributed by atoms with Crippen LogP contribution >= 0.6 is 15.9 Å². The number of halogens is 1. The lowest BCUT2D eigenvalue weighted by molar-refractivity contribution is 0.0916. The van der Waals surface area contributed by atoms with Crippen molar-refractivity contribution in [3.63, 3.8) is 0 Å². The van der Waals surface area contributed by atoms with Crippen molar-refractivity contribution in [1.29, 1.82) is 0 Å². The van der Waals surface area contributed by atoms with E-state index in [0.29, 0.717) is 6.04 Å². The van der Waals surface area contributed by atoms with Gasteiger partial charge in [0.2, 0.25) is 0 Å². The smallest absolute Gasteiger partial charge is 0.0477 e. The van der Waals surface area contributed by atoms with Crippen molar-refractivity contribution in [2.24, 2.45) is 0 Å². The Morgan fingerprint density at radius 1 is 1.31 bits per heavy atom. The highest BCUT2D eigenvalue weighted by atomic mass is 79.9. The molecule has 1 aliphatic rings. The predicted octanol–water partition coefficient (Wildman–Crippen LogP) is 3.44. The highest BCUT2D eigenvalue weighted by Crippen LogP contribution is 2.25. The summed E-state index contributed by atoms with van der Waals surface area (Å²) in [6, 6.07) is 1.47. The van der Waals surface area contributed by atoms with E-state index in [0.717, 1.165) is 24.4 Å². The topological polar surface area (TPSA) is 12.5 Å². The first-order valence-corrected chi connectivity index (χ1v) is 7.72. The average Bonchev–Trinajstić information content (AvgIpc) is 2.34. The highest BCUT2D eigenvalue weighted by Gasteiger charge is 2.24. The Kier molecular flexibility index (Phi) is 7.67. The summed E-state index contributed by atoms with van der Waals surface area (Å²) in [6.45, 7) is 4.40. The van der Waals surface area contributed by atoms with E-state index in [2.05, 4.69) is 27.8 Å². The summed E-state index contributed by atoms with van der Waals surface area (Å²) in [5.74, 6) is 0. The first kappa shape index (κ1) is 14.5. The first-order valence-electron chi connectivity index (χ1n) is 6.60. The Morgan fingerprint density at radius 3 is 2.56 bits per heavy atom. The molecule has 0 radical (unpaired) electrons. The van der Waals surface area contributed by atoms with Gasteiger partial charge in [0.25, 0.3) is 0 Å². The van der Waals surface area contributed by atoms with Crippen LogP contribution in [-0.2, 0) is 4.74 Å². The number of ether oxygens (including phenoxy) is 1. The largest absolute Gasteiger partial charge is 0.385 e.